The number of nitro benzene ring substituents is 1. The molecule has 1 amide bonds. The molecule has 0 radical (unpaired) electrons. The van der Waals surface area contributed by atoms with Crippen LogP contribution in [0, 0.1) is 17.0 Å². The number of carbonyl (C=O) groups excluding carboxylic acids is 2. The van der Waals surface area contributed by atoms with Crippen molar-refractivity contribution in [3.63, 3.8) is 0 Å². The Bertz CT molecular complexity index is 1040. The van der Waals surface area contributed by atoms with Crippen molar-refractivity contribution in [1.29, 1.82) is 0 Å². The molecule has 2 aromatic rings. The standard InChI is InChI=1S/C23H26N4O5/c1-15-12-18(26-10-2-3-11-26)7-9-19(15)25-22(28)14-32-23(29)16-4-8-20(24-17-5-6-17)21(13-16)27(30)31/h4,7-9,12-13,17,24H,2-3,5-6,10-11,14H2,1H3,(H,25,28). The van der Waals surface area contributed by atoms with Gasteiger partial charge in [-0.15, -0.1) is 0 Å². The summed E-state index contributed by atoms with van der Waals surface area (Å²) in [6.07, 6.45) is 4.31. The van der Waals surface area contributed by atoms with E-state index in [0.717, 1.165) is 37.2 Å². The first-order valence-electron chi connectivity index (χ1n) is 10.8. The minimum absolute atomic E-state index is 0.0250. The minimum atomic E-state index is -0.790. The highest BCUT2D eigenvalue weighted by molar-refractivity contribution is 5.96. The number of benzene rings is 2. The zero-order chi connectivity index (χ0) is 22.7. The molecule has 1 saturated heterocycles. The molecule has 2 aromatic carbocycles. The van der Waals surface area contributed by atoms with Gasteiger partial charge in [0.05, 0.1) is 10.5 Å². The van der Waals surface area contributed by atoms with E-state index in [4.69, 9.17) is 4.74 Å². The molecular formula is C23H26N4O5. The highest BCUT2D eigenvalue weighted by atomic mass is 16.6. The zero-order valence-corrected chi connectivity index (χ0v) is 17.9. The van der Waals surface area contributed by atoms with E-state index in [1.165, 1.54) is 31.0 Å². The molecule has 0 aromatic heterocycles. The Hall–Kier alpha value is -3.62. The van der Waals surface area contributed by atoms with E-state index < -0.39 is 23.4 Å². The first-order chi connectivity index (χ1) is 15.4. The maximum atomic E-state index is 12.3. The van der Waals surface area contributed by atoms with Crippen LogP contribution in [0.2, 0.25) is 0 Å². The predicted molar refractivity (Wildman–Crippen MR) is 121 cm³/mol. The molecule has 1 heterocycles. The summed E-state index contributed by atoms with van der Waals surface area (Å²) in [6.45, 7) is 3.51. The quantitative estimate of drug-likeness (QED) is 0.365. The third-order valence-electron chi connectivity index (χ3n) is 5.66. The number of nitrogens with zero attached hydrogens (tertiary/aromatic N) is 2. The molecule has 0 unspecified atom stereocenters. The van der Waals surface area contributed by atoms with Crippen molar-refractivity contribution in [2.24, 2.45) is 0 Å². The van der Waals surface area contributed by atoms with Crippen LogP contribution in [0.1, 0.15) is 41.6 Å². The van der Waals surface area contributed by atoms with Crippen LogP contribution >= 0.6 is 0 Å². The average Bonchev–Trinajstić information content (AvgIpc) is 3.42. The Morgan fingerprint density at radius 1 is 1.12 bits per heavy atom. The van der Waals surface area contributed by atoms with Gasteiger partial charge in [0, 0.05) is 36.6 Å². The largest absolute Gasteiger partial charge is 0.452 e. The molecule has 32 heavy (non-hydrogen) atoms. The number of hydrogen-bond acceptors (Lipinski definition) is 7. The van der Waals surface area contributed by atoms with Gasteiger partial charge in [-0.2, -0.15) is 0 Å². The monoisotopic (exact) mass is 438 g/mol. The Balaban J connectivity index is 1.34. The van der Waals surface area contributed by atoms with Crippen LogP contribution in [0.15, 0.2) is 36.4 Å². The second-order valence-electron chi connectivity index (χ2n) is 8.23. The highest BCUT2D eigenvalue weighted by Crippen LogP contribution is 2.31. The lowest BCUT2D eigenvalue weighted by atomic mass is 10.1. The molecule has 1 saturated carbocycles. The summed E-state index contributed by atoms with van der Waals surface area (Å²) in [6, 6.07) is 10.2. The van der Waals surface area contributed by atoms with Crippen LogP contribution in [0.3, 0.4) is 0 Å². The Morgan fingerprint density at radius 2 is 1.84 bits per heavy atom. The fourth-order valence-electron chi connectivity index (χ4n) is 3.74. The van der Waals surface area contributed by atoms with Gasteiger partial charge < -0.3 is 20.3 Å². The van der Waals surface area contributed by atoms with Crippen LogP contribution in [0.4, 0.5) is 22.7 Å². The lowest BCUT2D eigenvalue weighted by Gasteiger charge is -2.19. The summed E-state index contributed by atoms with van der Waals surface area (Å²) < 4.78 is 5.07. The number of rotatable bonds is 8. The van der Waals surface area contributed by atoms with Crippen LogP contribution in [-0.2, 0) is 9.53 Å². The topological polar surface area (TPSA) is 114 Å². The van der Waals surface area contributed by atoms with Gasteiger partial charge in [0.2, 0.25) is 0 Å². The average molecular weight is 438 g/mol. The smallest absolute Gasteiger partial charge is 0.338 e. The molecule has 0 bridgehead atoms. The number of ether oxygens (including phenoxy) is 1. The second-order valence-corrected chi connectivity index (χ2v) is 8.23. The molecule has 1 aliphatic carbocycles. The molecule has 9 heteroatoms. The molecule has 9 nitrogen and oxygen atoms in total. The van der Waals surface area contributed by atoms with Crippen LogP contribution in [0.25, 0.3) is 0 Å². The van der Waals surface area contributed by atoms with E-state index in [2.05, 4.69) is 15.5 Å². The zero-order valence-electron chi connectivity index (χ0n) is 17.9. The maximum absolute atomic E-state index is 12.3. The van der Waals surface area contributed by atoms with Crippen molar-refractivity contribution >= 4 is 34.6 Å². The third kappa shape index (κ3) is 5.16. The number of nitro groups is 1. The Labute approximate surface area is 185 Å². The van der Waals surface area contributed by atoms with Crippen LogP contribution in [-0.4, -0.2) is 42.5 Å². The van der Waals surface area contributed by atoms with Crippen molar-refractivity contribution in [3.8, 4) is 0 Å². The molecule has 2 fully saturated rings. The van der Waals surface area contributed by atoms with E-state index in [1.54, 1.807) is 0 Å². The summed E-state index contributed by atoms with van der Waals surface area (Å²) in [7, 11) is 0. The number of anilines is 3. The van der Waals surface area contributed by atoms with E-state index in [1.807, 2.05) is 25.1 Å². The maximum Gasteiger partial charge on any atom is 0.338 e. The molecule has 168 valence electrons. The molecule has 0 spiro atoms. The van der Waals surface area contributed by atoms with Gasteiger partial charge in [0.25, 0.3) is 11.6 Å². The number of esters is 1. The molecule has 2 aliphatic rings. The predicted octanol–water partition coefficient (Wildman–Crippen LogP) is 3.87. The van der Waals surface area contributed by atoms with Crippen molar-refractivity contribution in [1.82, 2.24) is 0 Å². The lowest BCUT2D eigenvalue weighted by molar-refractivity contribution is -0.384. The van der Waals surface area contributed by atoms with Gasteiger partial charge in [-0.25, -0.2) is 4.79 Å². The fourth-order valence-corrected chi connectivity index (χ4v) is 3.74. The summed E-state index contributed by atoms with van der Waals surface area (Å²) >= 11 is 0. The third-order valence-corrected chi connectivity index (χ3v) is 5.66. The van der Waals surface area contributed by atoms with Gasteiger partial charge >= 0.3 is 5.97 Å². The number of nitrogens with one attached hydrogen (secondary N) is 2. The van der Waals surface area contributed by atoms with Gasteiger partial charge in [-0.3, -0.25) is 14.9 Å². The van der Waals surface area contributed by atoms with Gasteiger partial charge in [-0.05, 0) is 68.5 Å². The van der Waals surface area contributed by atoms with Crippen LogP contribution in [0.5, 0.6) is 0 Å². The van der Waals surface area contributed by atoms with E-state index in [-0.39, 0.29) is 17.3 Å². The Kier molecular flexibility index (Phi) is 6.25. The number of amides is 1. The molecule has 2 N–H and O–H groups in total. The normalized spacial score (nSPS) is 15.3. The number of carbonyl (C=O) groups is 2. The van der Waals surface area contributed by atoms with E-state index >= 15 is 0 Å². The van der Waals surface area contributed by atoms with Crippen molar-refractivity contribution in [2.45, 2.75) is 38.6 Å². The summed E-state index contributed by atoms with van der Waals surface area (Å²) in [4.78, 5) is 37.7. The van der Waals surface area contributed by atoms with E-state index in [0.29, 0.717) is 11.4 Å². The summed E-state index contributed by atoms with van der Waals surface area (Å²) in [5.41, 5.74) is 2.91. The summed E-state index contributed by atoms with van der Waals surface area (Å²) in [5, 5.41) is 17.2. The second kappa shape index (κ2) is 9.25. The van der Waals surface area contributed by atoms with Gasteiger partial charge in [0.15, 0.2) is 6.61 Å². The van der Waals surface area contributed by atoms with Crippen molar-refractivity contribution < 1.29 is 19.2 Å². The SMILES string of the molecule is Cc1cc(N2CCCC2)ccc1NC(=O)COC(=O)c1ccc(NC2CC2)c([N+](=O)[O-])c1. The lowest BCUT2D eigenvalue weighted by Crippen LogP contribution is -2.22. The van der Waals surface area contributed by atoms with Crippen LogP contribution < -0.4 is 15.5 Å². The van der Waals surface area contributed by atoms with Gasteiger partial charge in [-0.1, -0.05) is 0 Å². The van der Waals surface area contributed by atoms with Crippen molar-refractivity contribution in [3.05, 3.63) is 57.6 Å². The number of aryl methyl sites for hydroxylation is 1. The molecule has 1 aliphatic heterocycles. The minimum Gasteiger partial charge on any atom is -0.452 e. The molecular weight excluding hydrogens is 412 g/mol. The summed E-state index contributed by atoms with van der Waals surface area (Å²) in [5.74, 6) is -1.26. The highest BCUT2D eigenvalue weighted by Gasteiger charge is 2.26. The molecule has 0 atom stereocenters. The van der Waals surface area contributed by atoms with Crippen molar-refractivity contribution in [2.75, 3.05) is 35.2 Å². The first-order valence-corrected chi connectivity index (χ1v) is 10.8. The number of hydrogen-bond donors (Lipinski definition) is 2. The fraction of sp³-hybridized carbons (Fsp3) is 0.391. The first kappa shape index (κ1) is 21.6. The van der Waals surface area contributed by atoms with E-state index in [9.17, 15) is 19.7 Å². The van der Waals surface area contributed by atoms with Gasteiger partial charge in [0.1, 0.15) is 5.69 Å². The molecule has 4 rings (SSSR count). The Morgan fingerprint density at radius 3 is 2.50 bits per heavy atom.